The number of halogens is 1. The Kier molecular flexibility index (Phi) is 9.37. The summed E-state index contributed by atoms with van der Waals surface area (Å²) < 4.78 is 0. The summed E-state index contributed by atoms with van der Waals surface area (Å²) >= 11 is 6.96. The molecule has 0 amide bonds. The second kappa shape index (κ2) is 12.5. The third-order valence-electron chi connectivity index (χ3n) is 9.65. The lowest BCUT2D eigenvalue weighted by Gasteiger charge is -2.54. The Morgan fingerprint density at radius 1 is 0.730 bits per heavy atom. The lowest BCUT2D eigenvalue weighted by molar-refractivity contribution is 0.0306. The minimum Gasteiger partial charge on any atom is -0.192 e. The Morgan fingerprint density at radius 3 is 1.89 bits per heavy atom. The zero-order valence-electron chi connectivity index (χ0n) is 23.0. The van der Waals surface area contributed by atoms with Crippen LogP contribution in [0.2, 0.25) is 5.02 Å². The normalized spacial score (nSPS) is 22.5. The van der Waals surface area contributed by atoms with Gasteiger partial charge >= 0.3 is 0 Å². The van der Waals surface area contributed by atoms with Gasteiger partial charge in [-0.25, -0.2) is 0 Å². The molecule has 2 aromatic carbocycles. The molecule has 3 aliphatic rings. The molecular weight excluding hydrogens is 472 g/mol. The number of hydrogen-bond acceptors (Lipinski definition) is 2. The molecule has 0 spiro atoms. The van der Waals surface area contributed by atoms with Gasteiger partial charge in [-0.05, 0) is 110 Å². The Morgan fingerprint density at radius 2 is 1.32 bits per heavy atom. The smallest absolute Gasteiger partial charge is 0.101 e. The third kappa shape index (κ3) is 6.07. The van der Waals surface area contributed by atoms with E-state index in [1.54, 1.807) is 0 Å². The van der Waals surface area contributed by atoms with E-state index < -0.39 is 0 Å². The first-order chi connectivity index (χ1) is 18.0. The molecule has 37 heavy (non-hydrogen) atoms. The van der Waals surface area contributed by atoms with Gasteiger partial charge in [0.2, 0.25) is 0 Å². The summed E-state index contributed by atoms with van der Waals surface area (Å²) in [4.78, 5) is 0. The zero-order chi connectivity index (χ0) is 26.3. The van der Waals surface area contributed by atoms with Crippen molar-refractivity contribution in [1.29, 1.82) is 10.5 Å². The number of aryl methyl sites for hydroxylation is 3. The van der Waals surface area contributed by atoms with Gasteiger partial charge in [0.05, 0.1) is 11.1 Å². The van der Waals surface area contributed by atoms with E-state index in [2.05, 4.69) is 56.3 Å². The van der Waals surface area contributed by atoms with Crippen molar-refractivity contribution in [2.24, 2.45) is 5.41 Å². The van der Waals surface area contributed by atoms with Crippen LogP contribution in [0.15, 0.2) is 30.3 Å². The summed E-state index contributed by atoms with van der Waals surface area (Å²) in [7, 11) is 0. The van der Waals surface area contributed by atoms with Crippen LogP contribution in [0.5, 0.6) is 0 Å². The fourth-order valence-electron chi connectivity index (χ4n) is 7.14. The van der Waals surface area contributed by atoms with Crippen molar-refractivity contribution in [3.8, 4) is 12.1 Å². The van der Waals surface area contributed by atoms with Crippen LogP contribution < -0.4 is 0 Å². The highest BCUT2D eigenvalue weighted by molar-refractivity contribution is 6.31. The minimum absolute atomic E-state index is 0.269. The molecule has 2 nitrogen and oxygen atoms in total. The Bertz CT molecular complexity index is 1140. The third-order valence-corrected chi connectivity index (χ3v) is 9.96. The van der Waals surface area contributed by atoms with Crippen molar-refractivity contribution >= 4 is 11.6 Å². The van der Waals surface area contributed by atoms with Gasteiger partial charge < -0.3 is 0 Å². The number of benzene rings is 2. The lowest BCUT2D eigenvalue weighted by atomic mass is 9.51. The van der Waals surface area contributed by atoms with E-state index >= 15 is 0 Å². The Balaban J connectivity index is 1.43. The summed E-state index contributed by atoms with van der Waals surface area (Å²) in [6.07, 6.45) is 19.2. The molecule has 0 aromatic heterocycles. The van der Waals surface area contributed by atoms with E-state index in [1.807, 2.05) is 0 Å². The Labute approximate surface area is 230 Å². The quantitative estimate of drug-likeness (QED) is 0.264. The molecule has 0 heterocycles. The van der Waals surface area contributed by atoms with Crippen LogP contribution in [0, 0.1) is 28.1 Å². The van der Waals surface area contributed by atoms with Crippen LogP contribution in [-0.2, 0) is 24.7 Å². The van der Waals surface area contributed by atoms with E-state index in [9.17, 15) is 10.5 Å². The molecule has 0 aliphatic heterocycles. The van der Waals surface area contributed by atoms with E-state index in [4.69, 9.17) is 11.6 Å². The number of nitriles is 2. The summed E-state index contributed by atoms with van der Waals surface area (Å²) in [5.74, 6) is 0. The largest absolute Gasteiger partial charge is 0.192 e. The van der Waals surface area contributed by atoms with Crippen molar-refractivity contribution < 1.29 is 0 Å². The summed E-state index contributed by atoms with van der Waals surface area (Å²) in [6, 6.07) is 15.5. The van der Waals surface area contributed by atoms with Crippen molar-refractivity contribution in [2.45, 2.75) is 122 Å². The van der Waals surface area contributed by atoms with Gasteiger partial charge in [-0.3, -0.25) is 0 Å². The predicted molar refractivity (Wildman–Crippen MR) is 154 cm³/mol. The van der Waals surface area contributed by atoms with Crippen LogP contribution >= 0.6 is 11.6 Å². The van der Waals surface area contributed by atoms with Gasteiger partial charge in [0.25, 0.3) is 0 Å². The number of hydrogen-bond donors (Lipinski definition) is 0. The van der Waals surface area contributed by atoms with Gasteiger partial charge in [-0.15, -0.1) is 0 Å². The van der Waals surface area contributed by atoms with Crippen molar-refractivity contribution in [3.63, 3.8) is 0 Å². The molecule has 5 rings (SSSR count). The van der Waals surface area contributed by atoms with Gasteiger partial charge in [0, 0.05) is 5.02 Å². The summed E-state index contributed by atoms with van der Waals surface area (Å²) in [6.45, 7) is 4.48. The standard InChI is InChI=1S/C34H43ClN2/c1-3-5-7-9-27-13-14-28(30(25-37)29(27)24-36)12-10-26-11-15-31(32(35)23-26)34-20-17-33(18-21-34,19-22-34)16-8-6-4-2/h11,13-15,23H,3-10,12,16-22H2,1-2H3. The van der Waals surface area contributed by atoms with Crippen LogP contribution in [0.25, 0.3) is 0 Å². The molecule has 0 saturated heterocycles. The fraction of sp³-hybridized carbons (Fsp3) is 0.588. The maximum absolute atomic E-state index is 9.86. The molecule has 2 aromatic rings. The highest BCUT2D eigenvalue weighted by atomic mass is 35.5. The second-order valence-electron chi connectivity index (χ2n) is 11.9. The SMILES string of the molecule is CCCCCc1ccc(CCc2ccc(C34CCC(CCCCC)(CC3)CC4)c(Cl)c2)c(C#N)c1C#N. The number of unbranched alkanes of at least 4 members (excludes halogenated alkanes) is 4. The Hall–Kier alpha value is -2.29. The van der Waals surface area contributed by atoms with Crippen molar-refractivity contribution in [3.05, 3.63) is 68.7 Å². The topological polar surface area (TPSA) is 47.6 Å². The minimum atomic E-state index is 0.269. The second-order valence-corrected chi connectivity index (χ2v) is 12.3. The zero-order valence-corrected chi connectivity index (χ0v) is 23.7. The number of fused-ring (bicyclic) bond motifs is 3. The molecule has 0 radical (unpaired) electrons. The average molecular weight is 515 g/mol. The molecule has 3 saturated carbocycles. The molecule has 0 N–H and O–H groups in total. The first kappa shape index (κ1) is 27.7. The molecule has 3 aliphatic carbocycles. The predicted octanol–water partition coefficient (Wildman–Crippen LogP) is 9.77. The summed E-state index contributed by atoms with van der Waals surface area (Å²) in [5.41, 5.74) is 6.56. The van der Waals surface area contributed by atoms with Gasteiger partial charge in [-0.1, -0.05) is 81.8 Å². The van der Waals surface area contributed by atoms with E-state index in [0.29, 0.717) is 16.5 Å². The van der Waals surface area contributed by atoms with Crippen molar-refractivity contribution in [1.82, 2.24) is 0 Å². The van der Waals surface area contributed by atoms with Crippen LogP contribution in [-0.4, -0.2) is 0 Å². The monoisotopic (exact) mass is 514 g/mol. The molecule has 196 valence electrons. The van der Waals surface area contributed by atoms with E-state index in [-0.39, 0.29) is 5.41 Å². The molecule has 3 fully saturated rings. The summed E-state index contributed by atoms with van der Waals surface area (Å²) in [5, 5.41) is 20.6. The van der Waals surface area contributed by atoms with E-state index in [0.717, 1.165) is 54.7 Å². The number of nitrogens with zero attached hydrogens (tertiary/aromatic N) is 2. The van der Waals surface area contributed by atoms with Gasteiger partial charge in [0.15, 0.2) is 0 Å². The fourth-order valence-corrected chi connectivity index (χ4v) is 7.55. The maximum Gasteiger partial charge on any atom is 0.101 e. The van der Waals surface area contributed by atoms with Crippen LogP contribution in [0.3, 0.4) is 0 Å². The molecule has 0 unspecified atom stereocenters. The van der Waals surface area contributed by atoms with Crippen LogP contribution in [0.4, 0.5) is 0 Å². The van der Waals surface area contributed by atoms with Crippen molar-refractivity contribution in [2.75, 3.05) is 0 Å². The van der Waals surface area contributed by atoms with Gasteiger partial charge in [-0.2, -0.15) is 10.5 Å². The average Bonchev–Trinajstić information content (AvgIpc) is 2.93. The highest BCUT2D eigenvalue weighted by Crippen LogP contribution is 2.60. The van der Waals surface area contributed by atoms with Crippen LogP contribution in [0.1, 0.15) is 131 Å². The maximum atomic E-state index is 9.86. The first-order valence-electron chi connectivity index (χ1n) is 14.7. The molecule has 2 bridgehead atoms. The molecule has 0 atom stereocenters. The number of rotatable bonds is 12. The van der Waals surface area contributed by atoms with E-state index in [1.165, 1.54) is 75.3 Å². The van der Waals surface area contributed by atoms with Gasteiger partial charge in [0.1, 0.15) is 12.1 Å². The molecule has 3 heteroatoms. The lowest BCUT2D eigenvalue weighted by Crippen LogP contribution is -2.44. The highest BCUT2D eigenvalue weighted by Gasteiger charge is 2.49. The first-order valence-corrected chi connectivity index (χ1v) is 15.1. The molecular formula is C34H43ClN2.